The number of nitrogens with zero attached hydrogens (tertiary/aromatic N) is 2. The van der Waals surface area contributed by atoms with Crippen LogP contribution in [0.1, 0.15) is 188 Å². The highest BCUT2D eigenvalue weighted by molar-refractivity contribution is 6.95. The van der Waals surface area contributed by atoms with E-state index < -0.39 is 32.3 Å². The fraction of sp³-hybridized carbons (Fsp3) is 0.444. The molecule has 0 radical (unpaired) electrons. The highest BCUT2D eigenvalue weighted by Crippen LogP contribution is 2.54. The zero-order valence-corrected chi connectivity index (χ0v) is 68.5. The van der Waals surface area contributed by atoms with Gasteiger partial charge in [-0.15, -0.1) is 0 Å². The molecule has 0 spiro atoms. The Kier molecular flexibility index (Phi) is 22.4. The molecule has 6 heteroatoms. The van der Waals surface area contributed by atoms with Gasteiger partial charge in [0.25, 0.3) is 0 Å². The van der Waals surface area contributed by atoms with Crippen molar-refractivity contribution in [3.8, 4) is 22.3 Å². The van der Waals surface area contributed by atoms with Crippen LogP contribution in [-0.2, 0) is 21.7 Å². The van der Waals surface area contributed by atoms with Crippen molar-refractivity contribution in [3.63, 3.8) is 0 Å². The van der Waals surface area contributed by atoms with Gasteiger partial charge in [-0.1, -0.05) is 369 Å². The third-order valence-electron chi connectivity index (χ3n) is 24.5. The highest BCUT2D eigenvalue weighted by atomic mass is 28.3. The fourth-order valence-corrected chi connectivity index (χ4v) is 31.3. The molecule has 0 saturated carbocycles. The minimum atomic E-state index is -2.00. The van der Waals surface area contributed by atoms with E-state index in [1.807, 2.05) is 0 Å². The van der Waals surface area contributed by atoms with Crippen LogP contribution < -0.4 is 30.5 Å². The molecule has 510 valence electrons. The SMILES string of the molecule is CC[Si](CC)(CC)c1cc(N(c2cc(C(C)(C)C)cc(C(C)(C)C)c2)c2c3ccc(-c4ccccc4)cc3c(N(c3cc(C(C)(C)C)cc(C(C)(C)C)c3)c3cc([Si](CC)(CC)CC)cc([Si](CC)(CC)CC)c3)c3ccc(-c4ccccc4)cc23)cc([Si](CC)(CC)CC)c1. The van der Waals surface area contributed by atoms with Crippen LogP contribution in [0.5, 0.6) is 0 Å². The minimum absolute atomic E-state index is 0.125. The molecule has 0 bridgehead atoms. The van der Waals surface area contributed by atoms with Crippen LogP contribution >= 0.6 is 0 Å². The molecule has 0 aromatic heterocycles. The minimum Gasteiger partial charge on any atom is -0.309 e. The van der Waals surface area contributed by atoms with E-state index in [-0.39, 0.29) is 21.7 Å². The Morgan fingerprint density at radius 3 is 0.677 bits per heavy atom. The number of anilines is 6. The number of hydrogen-bond donors (Lipinski definition) is 0. The van der Waals surface area contributed by atoms with Crippen LogP contribution in [0.3, 0.4) is 0 Å². The Morgan fingerprint density at radius 1 is 0.229 bits per heavy atom. The van der Waals surface area contributed by atoms with E-state index in [2.05, 4.69) is 346 Å². The van der Waals surface area contributed by atoms with Crippen LogP contribution in [0.4, 0.5) is 34.1 Å². The predicted octanol–water partition coefficient (Wildman–Crippen LogP) is 26.3. The zero-order valence-electron chi connectivity index (χ0n) is 64.5. The first kappa shape index (κ1) is 74.2. The van der Waals surface area contributed by atoms with Crippen molar-refractivity contribution in [1.29, 1.82) is 0 Å². The molecule has 9 aromatic carbocycles. The third kappa shape index (κ3) is 14.3. The van der Waals surface area contributed by atoms with Gasteiger partial charge in [0.1, 0.15) is 0 Å². The lowest BCUT2D eigenvalue weighted by molar-refractivity contribution is 0.568. The third-order valence-corrected chi connectivity index (χ3v) is 46.8. The predicted molar refractivity (Wildman–Crippen MR) is 444 cm³/mol. The van der Waals surface area contributed by atoms with Crippen molar-refractivity contribution in [2.75, 3.05) is 9.80 Å². The summed E-state index contributed by atoms with van der Waals surface area (Å²) in [6.45, 7) is 59.2. The van der Waals surface area contributed by atoms with Crippen molar-refractivity contribution in [2.24, 2.45) is 0 Å². The van der Waals surface area contributed by atoms with E-state index in [1.165, 1.54) is 173 Å². The zero-order chi connectivity index (χ0) is 70.1. The molecule has 96 heavy (non-hydrogen) atoms. The lowest BCUT2D eigenvalue weighted by Gasteiger charge is -2.39. The molecule has 9 aromatic rings. The summed E-state index contributed by atoms with van der Waals surface area (Å²) < 4.78 is 0. The van der Waals surface area contributed by atoms with Crippen LogP contribution in [0.15, 0.2) is 170 Å². The van der Waals surface area contributed by atoms with Gasteiger partial charge in [-0.25, -0.2) is 0 Å². The van der Waals surface area contributed by atoms with E-state index in [0.29, 0.717) is 0 Å². The van der Waals surface area contributed by atoms with Crippen molar-refractivity contribution in [3.05, 3.63) is 192 Å². The van der Waals surface area contributed by atoms with Gasteiger partial charge >= 0.3 is 0 Å². The number of benzene rings is 9. The van der Waals surface area contributed by atoms with Gasteiger partial charge in [-0.2, -0.15) is 0 Å². The quantitative estimate of drug-likeness (QED) is 0.0338. The smallest absolute Gasteiger partial charge is 0.0860 e. The van der Waals surface area contributed by atoms with E-state index >= 15 is 0 Å². The van der Waals surface area contributed by atoms with E-state index in [1.54, 1.807) is 20.7 Å². The van der Waals surface area contributed by atoms with Gasteiger partial charge in [0.15, 0.2) is 0 Å². The largest absolute Gasteiger partial charge is 0.309 e. The Hall–Kier alpha value is -6.03. The Bertz CT molecular complexity index is 3710. The lowest BCUT2D eigenvalue weighted by atomic mass is 9.80. The summed E-state index contributed by atoms with van der Waals surface area (Å²) in [7, 11) is -8.01. The normalized spacial score (nSPS) is 13.1. The average Bonchev–Trinajstić information content (AvgIpc) is 0.705. The Morgan fingerprint density at radius 2 is 0.458 bits per heavy atom. The Labute approximate surface area is 589 Å². The topological polar surface area (TPSA) is 6.48 Å². The first-order valence-electron chi connectivity index (χ1n) is 37.8. The van der Waals surface area contributed by atoms with E-state index in [4.69, 9.17) is 0 Å². The van der Waals surface area contributed by atoms with Gasteiger partial charge in [0.2, 0.25) is 0 Å². The van der Waals surface area contributed by atoms with Crippen LogP contribution in [-0.4, -0.2) is 32.3 Å². The van der Waals surface area contributed by atoms with E-state index in [9.17, 15) is 0 Å². The maximum absolute atomic E-state index is 2.84. The molecule has 0 atom stereocenters. The highest BCUT2D eigenvalue weighted by Gasteiger charge is 2.40. The second-order valence-corrected chi connectivity index (χ2v) is 54.1. The van der Waals surface area contributed by atoms with Crippen LogP contribution in [0.25, 0.3) is 43.8 Å². The average molecular weight is 1350 g/mol. The molecule has 0 aliphatic carbocycles. The molecule has 0 amide bonds. The summed E-state index contributed by atoms with van der Waals surface area (Å²) in [6.07, 6.45) is 0. The second kappa shape index (κ2) is 29.0. The first-order valence-corrected chi connectivity index (χ1v) is 48.3. The fourth-order valence-electron chi connectivity index (χ4n) is 16.5. The molecular weight excluding hydrogens is 1220 g/mol. The van der Waals surface area contributed by atoms with Gasteiger partial charge in [0.05, 0.1) is 43.7 Å². The Balaban J connectivity index is 1.67. The van der Waals surface area contributed by atoms with Crippen LogP contribution in [0.2, 0.25) is 72.5 Å². The summed E-state index contributed by atoms with van der Waals surface area (Å²) >= 11 is 0. The molecule has 0 saturated heterocycles. The maximum Gasteiger partial charge on any atom is 0.0860 e. The summed E-state index contributed by atoms with van der Waals surface area (Å²) in [5.74, 6) is 0. The first-order chi connectivity index (χ1) is 45.4. The molecule has 0 fully saturated rings. The van der Waals surface area contributed by atoms with Crippen molar-refractivity contribution < 1.29 is 0 Å². The molecule has 0 aliphatic rings. The molecule has 0 aliphatic heterocycles. The lowest BCUT2D eigenvalue weighted by Crippen LogP contribution is -2.52. The van der Waals surface area contributed by atoms with Crippen molar-refractivity contribution >= 4 is 109 Å². The summed E-state index contributed by atoms with van der Waals surface area (Å²) in [4.78, 5) is 5.69. The maximum atomic E-state index is 2.84. The van der Waals surface area contributed by atoms with Gasteiger partial charge in [-0.3, -0.25) is 0 Å². The molecule has 0 heterocycles. The molecule has 9 rings (SSSR count). The standard InChI is InChI=1S/C90H124N2Si4/c1-25-93(26-2,27-3)77-59-75(60-78(63-77)94(28-4,29-5)30-6)91(73-55-69(87(13,14)15)53-70(56-73)88(16,17)18)85-81-49-47-68(66-45-41-38-42-46-66)52-84(81)86(82-50-48-67(51-83(82)85)65-43-39-37-40-44-65)92(74-57-71(89(19,20)21)54-72(58-74)90(22,23)24)76-61-79(95(31-7,32-8)33-9)64-80(62-76)96(34-10,35-11)36-12/h37-64H,25-36H2,1-24H3. The van der Waals surface area contributed by atoms with Gasteiger partial charge in [-0.05, 0) is 127 Å². The molecule has 0 N–H and O–H groups in total. The molecular formula is C90H124N2Si4. The van der Waals surface area contributed by atoms with Gasteiger partial charge in [0, 0.05) is 44.3 Å². The van der Waals surface area contributed by atoms with Crippen LogP contribution in [0, 0.1) is 0 Å². The van der Waals surface area contributed by atoms with Crippen molar-refractivity contribution in [2.45, 2.75) is 260 Å². The van der Waals surface area contributed by atoms with Gasteiger partial charge < -0.3 is 9.80 Å². The molecule has 0 unspecified atom stereocenters. The monoisotopic (exact) mass is 1340 g/mol. The summed E-state index contributed by atoms with van der Waals surface area (Å²) in [5, 5.41) is 11.6. The summed E-state index contributed by atoms with van der Waals surface area (Å²) in [6, 6.07) is 84.6. The number of hydrogen-bond acceptors (Lipinski definition) is 2. The number of rotatable bonds is 24. The molecule has 2 nitrogen and oxygen atoms in total. The van der Waals surface area contributed by atoms with E-state index in [0.717, 1.165) is 0 Å². The second-order valence-electron chi connectivity index (χ2n) is 33.1. The van der Waals surface area contributed by atoms with Crippen molar-refractivity contribution in [1.82, 2.24) is 0 Å². The number of fused-ring (bicyclic) bond motifs is 2. The summed E-state index contributed by atoms with van der Waals surface area (Å²) in [5.41, 5.74) is 17.4.